The monoisotopic (exact) mass is 283 g/mol. The third-order valence-corrected chi connectivity index (χ3v) is 3.29. The number of terminal acetylenes is 1. The van der Waals surface area contributed by atoms with Crippen LogP contribution in [-0.4, -0.2) is 42.6 Å². The van der Waals surface area contributed by atoms with E-state index < -0.39 is 11.9 Å². The number of alkyl halides is 3. The molecule has 0 amide bonds. The Morgan fingerprint density at radius 1 is 1.20 bits per heavy atom. The highest BCUT2D eigenvalue weighted by Gasteiger charge is 2.33. The summed E-state index contributed by atoms with van der Waals surface area (Å²) < 4.78 is 37.9. The van der Waals surface area contributed by atoms with Crippen LogP contribution in [0, 0.1) is 12.3 Å². The van der Waals surface area contributed by atoms with E-state index in [0.29, 0.717) is 25.3 Å². The summed E-state index contributed by atoms with van der Waals surface area (Å²) >= 11 is 0. The van der Waals surface area contributed by atoms with Crippen LogP contribution in [0.15, 0.2) is 18.2 Å². The van der Waals surface area contributed by atoms with Crippen molar-refractivity contribution in [3.8, 4) is 12.3 Å². The zero-order chi connectivity index (χ0) is 14.6. The third-order valence-electron chi connectivity index (χ3n) is 3.29. The van der Waals surface area contributed by atoms with Gasteiger partial charge < -0.3 is 4.90 Å². The SMILES string of the molecule is C#CCCN1CCN(c2cccc(C(F)(F)F)n2)CC1. The Morgan fingerprint density at radius 3 is 2.50 bits per heavy atom. The maximum absolute atomic E-state index is 12.6. The van der Waals surface area contributed by atoms with Crippen molar-refractivity contribution in [2.75, 3.05) is 37.6 Å². The van der Waals surface area contributed by atoms with Crippen LogP contribution in [0.2, 0.25) is 0 Å². The average molecular weight is 283 g/mol. The van der Waals surface area contributed by atoms with Gasteiger partial charge in [0, 0.05) is 39.1 Å². The van der Waals surface area contributed by atoms with Crippen molar-refractivity contribution in [2.24, 2.45) is 0 Å². The Bertz CT molecular complexity index is 485. The van der Waals surface area contributed by atoms with E-state index in [2.05, 4.69) is 15.8 Å². The number of pyridine rings is 1. The smallest absolute Gasteiger partial charge is 0.354 e. The van der Waals surface area contributed by atoms with Crippen molar-refractivity contribution in [2.45, 2.75) is 12.6 Å². The van der Waals surface area contributed by atoms with E-state index in [1.807, 2.05) is 4.90 Å². The number of halogens is 3. The molecule has 0 bridgehead atoms. The molecule has 0 N–H and O–H groups in total. The largest absolute Gasteiger partial charge is 0.433 e. The van der Waals surface area contributed by atoms with E-state index in [1.165, 1.54) is 6.07 Å². The lowest BCUT2D eigenvalue weighted by Crippen LogP contribution is -2.47. The van der Waals surface area contributed by atoms with Crippen LogP contribution >= 0.6 is 0 Å². The Kier molecular flexibility index (Phi) is 4.50. The second kappa shape index (κ2) is 6.14. The molecule has 1 aromatic rings. The first-order valence-electron chi connectivity index (χ1n) is 6.46. The van der Waals surface area contributed by atoms with Gasteiger partial charge in [-0.3, -0.25) is 4.90 Å². The molecule has 1 aromatic heterocycles. The molecular formula is C14H16F3N3. The fourth-order valence-electron chi connectivity index (χ4n) is 2.18. The molecule has 0 spiro atoms. The summed E-state index contributed by atoms with van der Waals surface area (Å²) in [4.78, 5) is 7.79. The first-order chi connectivity index (χ1) is 9.50. The molecule has 0 saturated carbocycles. The van der Waals surface area contributed by atoms with Crippen molar-refractivity contribution in [3.63, 3.8) is 0 Å². The minimum atomic E-state index is -4.40. The van der Waals surface area contributed by atoms with Crippen LogP contribution in [0.5, 0.6) is 0 Å². The van der Waals surface area contributed by atoms with E-state index in [0.717, 1.165) is 25.7 Å². The zero-order valence-corrected chi connectivity index (χ0v) is 11.0. The van der Waals surface area contributed by atoms with Gasteiger partial charge in [0.25, 0.3) is 0 Å². The second-order valence-electron chi connectivity index (χ2n) is 4.66. The fourth-order valence-corrected chi connectivity index (χ4v) is 2.18. The molecule has 0 unspecified atom stereocenters. The molecule has 1 aliphatic heterocycles. The van der Waals surface area contributed by atoms with Gasteiger partial charge in [0.2, 0.25) is 0 Å². The average Bonchev–Trinajstić information content (AvgIpc) is 2.45. The normalized spacial score (nSPS) is 17.0. The van der Waals surface area contributed by atoms with E-state index in [-0.39, 0.29) is 0 Å². The summed E-state index contributed by atoms with van der Waals surface area (Å²) in [6.45, 7) is 3.75. The van der Waals surface area contributed by atoms with Crippen LogP contribution in [0.4, 0.5) is 19.0 Å². The minimum absolute atomic E-state index is 0.386. The highest BCUT2D eigenvalue weighted by molar-refractivity contribution is 5.40. The number of hydrogen-bond donors (Lipinski definition) is 0. The number of aromatic nitrogens is 1. The number of hydrogen-bond acceptors (Lipinski definition) is 3. The Hall–Kier alpha value is -1.74. The van der Waals surface area contributed by atoms with Gasteiger partial charge in [-0.05, 0) is 12.1 Å². The fraction of sp³-hybridized carbons (Fsp3) is 0.500. The molecule has 108 valence electrons. The maximum atomic E-state index is 12.6. The van der Waals surface area contributed by atoms with E-state index in [4.69, 9.17) is 6.42 Å². The molecule has 2 heterocycles. The number of rotatable bonds is 3. The molecule has 0 aliphatic carbocycles. The van der Waals surface area contributed by atoms with E-state index >= 15 is 0 Å². The van der Waals surface area contributed by atoms with Gasteiger partial charge in [0.05, 0.1) is 0 Å². The molecule has 1 aliphatic rings. The van der Waals surface area contributed by atoms with Crippen molar-refractivity contribution in [1.29, 1.82) is 0 Å². The topological polar surface area (TPSA) is 19.4 Å². The first-order valence-corrected chi connectivity index (χ1v) is 6.46. The molecule has 6 heteroatoms. The standard InChI is InChI=1S/C14H16F3N3/c1-2-3-7-19-8-10-20(11-9-19)13-6-4-5-12(18-13)14(15,16)17/h1,4-6H,3,7-11H2. The van der Waals surface area contributed by atoms with Gasteiger partial charge >= 0.3 is 6.18 Å². The van der Waals surface area contributed by atoms with Crippen LogP contribution < -0.4 is 4.90 Å². The predicted molar refractivity (Wildman–Crippen MR) is 71.3 cm³/mol. The quantitative estimate of drug-likeness (QED) is 0.793. The Labute approximate surface area is 116 Å². The van der Waals surface area contributed by atoms with Crippen LogP contribution in [0.3, 0.4) is 0 Å². The van der Waals surface area contributed by atoms with Crippen molar-refractivity contribution in [3.05, 3.63) is 23.9 Å². The van der Waals surface area contributed by atoms with E-state index in [9.17, 15) is 13.2 Å². The molecule has 0 atom stereocenters. The molecule has 3 nitrogen and oxygen atoms in total. The lowest BCUT2D eigenvalue weighted by Gasteiger charge is -2.35. The molecule has 0 radical (unpaired) electrons. The molecule has 20 heavy (non-hydrogen) atoms. The molecule has 0 aromatic carbocycles. The highest BCUT2D eigenvalue weighted by atomic mass is 19.4. The predicted octanol–water partition coefficient (Wildman–Crippen LogP) is 2.25. The summed E-state index contributed by atoms with van der Waals surface area (Å²) in [5.41, 5.74) is -0.843. The Morgan fingerprint density at radius 2 is 1.90 bits per heavy atom. The first kappa shape index (κ1) is 14.7. The molecule has 2 rings (SSSR count). The van der Waals surface area contributed by atoms with Crippen molar-refractivity contribution in [1.82, 2.24) is 9.88 Å². The summed E-state index contributed by atoms with van der Waals surface area (Å²) in [6.07, 6.45) is 1.52. The van der Waals surface area contributed by atoms with Gasteiger partial charge in [-0.25, -0.2) is 4.98 Å². The minimum Gasteiger partial charge on any atom is -0.354 e. The third kappa shape index (κ3) is 3.64. The molecular weight excluding hydrogens is 267 g/mol. The van der Waals surface area contributed by atoms with E-state index in [1.54, 1.807) is 6.07 Å². The second-order valence-corrected chi connectivity index (χ2v) is 4.66. The lowest BCUT2D eigenvalue weighted by atomic mass is 10.2. The van der Waals surface area contributed by atoms with Crippen molar-refractivity contribution >= 4 is 5.82 Å². The number of nitrogens with zero attached hydrogens (tertiary/aromatic N) is 3. The van der Waals surface area contributed by atoms with Gasteiger partial charge in [0.1, 0.15) is 11.5 Å². The number of anilines is 1. The van der Waals surface area contributed by atoms with Crippen molar-refractivity contribution < 1.29 is 13.2 Å². The van der Waals surface area contributed by atoms with Gasteiger partial charge in [0.15, 0.2) is 0 Å². The Balaban J connectivity index is 1.99. The van der Waals surface area contributed by atoms with Crippen LogP contribution in [0.1, 0.15) is 12.1 Å². The maximum Gasteiger partial charge on any atom is 0.433 e. The molecule has 1 saturated heterocycles. The number of piperazine rings is 1. The summed E-state index contributed by atoms with van der Waals surface area (Å²) in [5.74, 6) is 2.97. The lowest BCUT2D eigenvalue weighted by molar-refractivity contribution is -0.141. The molecule has 1 fully saturated rings. The van der Waals surface area contributed by atoms with Gasteiger partial charge in [-0.15, -0.1) is 12.3 Å². The van der Waals surface area contributed by atoms with Crippen LogP contribution in [-0.2, 0) is 6.18 Å². The summed E-state index contributed by atoms with van der Waals surface area (Å²) in [6, 6.07) is 4.01. The van der Waals surface area contributed by atoms with Gasteiger partial charge in [-0.1, -0.05) is 6.07 Å². The zero-order valence-electron chi connectivity index (χ0n) is 11.0. The summed E-state index contributed by atoms with van der Waals surface area (Å²) in [7, 11) is 0. The van der Waals surface area contributed by atoms with Gasteiger partial charge in [-0.2, -0.15) is 13.2 Å². The highest BCUT2D eigenvalue weighted by Crippen LogP contribution is 2.29. The summed E-state index contributed by atoms with van der Waals surface area (Å²) in [5, 5.41) is 0. The van der Waals surface area contributed by atoms with Crippen LogP contribution in [0.25, 0.3) is 0 Å².